The molecule has 5 heterocycles. The van der Waals surface area contributed by atoms with Gasteiger partial charge in [0.25, 0.3) is 0 Å². The summed E-state index contributed by atoms with van der Waals surface area (Å²) < 4.78 is 9.21. The number of carbonyl (C=O) groups is 1. The van der Waals surface area contributed by atoms with Crippen molar-refractivity contribution in [2.24, 2.45) is 18.0 Å². The molecular weight excluding hydrogens is 492 g/mol. The van der Waals surface area contributed by atoms with Crippen LogP contribution in [0.25, 0.3) is 27.8 Å². The number of aromatic nitrogens is 5. The Balaban J connectivity index is 1.32. The number of amides is 1. The monoisotopic (exact) mass is 528 g/mol. The molecule has 0 spiro atoms. The third-order valence-electron chi connectivity index (χ3n) is 7.05. The molecule has 0 bridgehead atoms. The maximum Gasteiger partial charge on any atom is 0.223 e. The van der Waals surface area contributed by atoms with E-state index in [1.54, 1.807) is 11.7 Å². The summed E-state index contributed by atoms with van der Waals surface area (Å²) in [4.78, 5) is 23.9. The first kappa shape index (κ1) is 26.6. The summed E-state index contributed by atoms with van der Waals surface area (Å²) >= 11 is 0. The van der Waals surface area contributed by atoms with Crippen LogP contribution < -0.4 is 10.2 Å². The van der Waals surface area contributed by atoms with E-state index in [-0.39, 0.29) is 17.9 Å². The molecule has 4 aromatic rings. The Kier molecular flexibility index (Phi) is 8.02. The minimum atomic E-state index is 0.0311. The largest absolute Gasteiger partial charge is 0.377 e. The number of carbonyl (C=O) groups excluding carboxylic acids is 1. The highest BCUT2D eigenvalue weighted by atomic mass is 16.5. The highest BCUT2D eigenvalue weighted by Gasteiger charge is 2.25. The molecule has 0 unspecified atom stereocenters. The van der Waals surface area contributed by atoms with Gasteiger partial charge < -0.3 is 15.0 Å². The van der Waals surface area contributed by atoms with Crippen LogP contribution in [0, 0.1) is 5.92 Å². The standard InChI is InChI=1S/C29H36N8O2/c1-20(2)39-12-9-31-29(38)21-7-10-36(11-8-21)27-6-5-22(15-32-27)26-13-23(25-17-33-35(4)18-25)19-37-28(26)24(14-30-3)16-34-37/h5-6,13-21H,7-12H2,1-4H3,(H,31,38)/b30-14-. The maximum atomic E-state index is 12.6. The zero-order valence-corrected chi connectivity index (χ0v) is 23.0. The highest BCUT2D eigenvalue weighted by molar-refractivity contribution is 5.97. The molecular formula is C29H36N8O2. The van der Waals surface area contributed by atoms with Crippen molar-refractivity contribution in [3.05, 3.63) is 54.7 Å². The predicted molar refractivity (Wildman–Crippen MR) is 153 cm³/mol. The number of nitrogens with one attached hydrogen (secondary N) is 1. The molecule has 1 aliphatic rings. The third kappa shape index (κ3) is 6.01. The summed E-state index contributed by atoms with van der Waals surface area (Å²) in [5, 5.41) is 11.9. The van der Waals surface area contributed by atoms with Crippen molar-refractivity contribution in [2.75, 3.05) is 38.2 Å². The molecule has 0 saturated carbocycles. The Morgan fingerprint density at radius 2 is 1.95 bits per heavy atom. The van der Waals surface area contributed by atoms with Gasteiger partial charge >= 0.3 is 0 Å². The van der Waals surface area contributed by atoms with E-state index in [1.165, 1.54) is 0 Å². The SMILES string of the molecule is C/N=C\c1cnn2cc(-c3cnn(C)c3)cc(-c3ccc(N4CCC(C(=O)NCCOC(C)C)CC4)nc3)c12. The average molecular weight is 529 g/mol. The summed E-state index contributed by atoms with van der Waals surface area (Å²) in [7, 11) is 3.67. The van der Waals surface area contributed by atoms with Crippen LogP contribution in [-0.4, -0.2) is 75.9 Å². The van der Waals surface area contributed by atoms with Crippen molar-refractivity contribution in [3.8, 4) is 22.3 Å². The zero-order chi connectivity index (χ0) is 27.4. The van der Waals surface area contributed by atoms with Gasteiger partial charge in [-0.1, -0.05) is 0 Å². The van der Waals surface area contributed by atoms with Crippen LogP contribution in [0.3, 0.4) is 0 Å². The first-order valence-corrected chi connectivity index (χ1v) is 13.5. The smallest absolute Gasteiger partial charge is 0.223 e. The fourth-order valence-electron chi connectivity index (χ4n) is 5.04. The molecule has 1 fully saturated rings. The molecule has 0 aliphatic carbocycles. The van der Waals surface area contributed by atoms with E-state index in [1.807, 2.05) is 62.6 Å². The minimum Gasteiger partial charge on any atom is -0.377 e. The van der Waals surface area contributed by atoms with E-state index >= 15 is 0 Å². The molecule has 0 radical (unpaired) electrons. The molecule has 5 rings (SSSR count). The van der Waals surface area contributed by atoms with Crippen LogP contribution in [0.5, 0.6) is 0 Å². The topological polar surface area (TPSA) is 102 Å². The number of aliphatic imine (C=N–C) groups is 1. The van der Waals surface area contributed by atoms with Crippen molar-refractivity contribution in [3.63, 3.8) is 0 Å². The molecule has 204 valence electrons. The van der Waals surface area contributed by atoms with E-state index in [2.05, 4.69) is 43.6 Å². The highest BCUT2D eigenvalue weighted by Crippen LogP contribution is 2.32. The number of ether oxygens (including phenoxy) is 1. The normalized spacial score (nSPS) is 14.6. The maximum absolute atomic E-state index is 12.6. The summed E-state index contributed by atoms with van der Waals surface area (Å²) in [6, 6.07) is 6.34. The van der Waals surface area contributed by atoms with Gasteiger partial charge in [-0.15, -0.1) is 0 Å². The van der Waals surface area contributed by atoms with Crippen molar-refractivity contribution >= 4 is 23.5 Å². The van der Waals surface area contributed by atoms with Gasteiger partial charge in [-0.2, -0.15) is 10.2 Å². The van der Waals surface area contributed by atoms with Gasteiger partial charge in [0.05, 0.1) is 30.6 Å². The molecule has 0 aromatic carbocycles. The quantitative estimate of drug-likeness (QED) is 0.263. The summed E-state index contributed by atoms with van der Waals surface area (Å²) in [6.07, 6.45) is 13.2. The van der Waals surface area contributed by atoms with Gasteiger partial charge in [-0.05, 0) is 44.9 Å². The molecule has 10 nitrogen and oxygen atoms in total. The molecule has 10 heteroatoms. The Bertz CT molecular complexity index is 1450. The molecule has 4 aromatic heterocycles. The summed E-state index contributed by atoms with van der Waals surface area (Å²) in [6.45, 7) is 6.68. The Morgan fingerprint density at radius 3 is 2.62 bits per heavy atom. The second kappa shape index (κ2) is 11.8. The molecule has 1 amide bonds. The predicted octanol–water partition coefficient (Wildman–Crippen LogP) is 3.60. The number of fused-ring (bicyclic) bond motifs is 1. The molecule has 1 aliphatic heterocycles. The van der Waals surface area contributed by atoms with Crippen molar-refractivity contribution < 1.29 is 9.53 Å². The molecule has 0 atom stereocenters. The fraction of sp³-hybridized carbons (Fsp3) is 0.414. The first-order chi connectivity index (χ1) is 18.9. The second-order valence-electron chi connectivity index (χ2n) is 10.2. The fourth-order valence-corrected chi connectivity index (χ4v) is 5.04. The van der Waals surface area contributed by atoms with Crippen molar-refractivity contribution in [1.82, 2.24) is 29.7 Å². The lowest BCUT2D eigenvalue weighted by Gasteiger charge is -2.32. The lowest BCUT2D eigenvalue weighted by atomic mass is 9.96. The number of aryl methyl sites for hydroxylation is 1. The first-order valence-electron chi connectivity index (χ1n) is 13.5. The number of pyridine rings is 2. The Morgan fingerprint density at radius 1 is 1.13 bits per heavy atom. The van der Waals surface area contributed by atoms with E-state index < -0.39 is 0 Å². The number of hydrogen-bond donors (Lipinski definition) is 1. The van der Waals surface area contributed by atoms with Gasteiger partial charge in [0.15, 0.2) is 0 Å². The van der Waals surface area contributed by atoms with Crippen molar-refractivity contribution in [2.45, 2.75) is 32.8 Å². The second-order valence-corrected chi connectivity index (χ2v) is 10.2. The number of hydrogen-bond acceptors (Lipinski definition) is 7. The summed E-state index contributed by atoms with van der Waals surface area (Å²) in [5.41, 5.74) is 6.00. The Labute approximate surface area is 228 Å². The van der Waals surface area contributed by atoms with Gasteiger partial charge in [-0.25, -0.2) is 9.50 Å². The number of anilines is 1. The van der Waals surface area contributed by atoms with E-state index in [0.29, 0.717) is 13.2 Å². The number of piperidine rings is 1. The zero-order valence-electron chi connectivity index (χ0n) is 23.0. The lowest BCUT2D eigenvalue weighted by Crippen LogP contribution is -2.41. The van der Waals surface area contributed by atoms with Crippen LogP contribution in [0.1, 0.15) is 32.3 Å². The van der Waals surface area contributed by atoms with Crippen LogP contribution in [0.15, 0.2) is 54.2 Å². The van der Waals surface area contributed by atoms with Gasteiger partial charge in [0.1, 0.15) is 5.82 Å². The summed E-state index contributed by atoms with van der Waals surface area (Å²) in [5.74, 6) is 1.07. The van der Waals surface area contributed by atoms with Crippen LogP contribution in [-0.2, 0) is 16.6 Å². The number of nitrogens with zero attached hydrogens (tertiary/aromatic N) is 7. The van der Waals surface area contributed by atoms with E-state index in [9.17, 15) is 4.79 Å². The van der Waals surface area contributed by atoms with Gasteiger partial charge in [-0.3, -0.25) is 14.5 Å². The number of rotatable bonds is 9. The Hall–Kier alpha value is -4.05. The lowest BCUT2D eigenvalue weighted by molar-refractivity contribution is -0.125. The van der Waals surface area contributed by atoms with Gasteiger partial charge in [0.2, 0.25) is 5.91 Å². The van der Waals surface area contributed by atoms with E-state index in [4.69, 9.17) is 9.72 Å². The van der Waals surface area contributed by atoms with Crippen LogP contribution in [0.4, 0.5) is 5.82 Å². The van der Waals surface area contributed by atoms with E-state index in [0.717, 1.165) is 65.1 Å². The van der Waals surface area contributed by atoms with Gasteiger partial charge in [0, 0.05) is 92.3 Å². The van der Waals surface area contributed by atoms with Crippen molar-refractivity contribution in [1.29, 1.82) is 0 Å². The minimum absolute atomic E-state index is 0.0311. The molecule has 1 N–H and O–H groups in total. The van der Waals surface area contributed by atoms with Crippen LogP contribution in [0.2, 0.25) is 0 Å². The molecule has 39 heavy (non-hydrogen) atoms. The molecule has 1 saturated heterocycles. The average Bonchev–Trinajstić information content (AvgIpc) is 3.57. The third-order valence-corrected chi connectivity index (χ3v) is 7.05. The van der Waals surface area contributed by atoms with Crippen LogP contribution >= 0.6 is 0 Å².